The van der Waals surface area contributed by atoms with Gasteiger partial charge in [0.25, 0.3) is 0 Å². The van der Waals surface area contributed by atoms with Crippen molar-refractivity contribution in [2.45, 2.75) is 64.1 Å². The Morgan fingerprint density at radius 3 is 2.72 bits per heavy atom. The van der Waals surface area contributed by atoms with Crippen LogP contribution >= 0.6 is 0 Å². The molecule has 0 N–H and O–H groups in total. The highest BCUT2D eigenvalue weighted by atomic mass is 16.6. The number of unbranched alkanes of at least 4 members (excludes halogenated alkanes) is 2. The molecular formula is C15H28O3. The van der Waals surface area contributed by atoms with Crippen LogP contribution in [0.3, 0.4) is 0 Å². The molecule has 1 heterocycles. The first kappa shape index (κ1) is 14.3. The Morgan fingerprint density at radius 1 is 1.11 bits per heavy atom. The van der Waals surface area contributed by atoms with Gasteiger partial charge in [-0.05, 0) is 38.5 Å². The first-order valence-electron chi connectivity index (χ1n) is 7.58. The molecule has 3 unspecified atom stereocenters. The Labute approximate surface area is 111 Å². The van der Waals surface area contributed by atoms with Crippen molar-refractivity contribution in [3.63, 3.8) is 0 Å². The van der Waals surface area contributed by atoms with Gasteiger partial charge in [-0.3, -0.25) is 0 Å². The number of hydrogen-bond donors (Lipinski definition) is 0. The van der Waals surface area contributed by atoms with Crippen molar-refractivity contribution < 1.29 is 14.2 Å². The third kappa shape index (κ3) is 4.22. The third-order valence-electron chi connectivity index (χ3n) is 4.18. The van der Waals surface area contributed by atoms with Gasteiger partial charge in [0.2, 0.25) is 0 Å². The standard InChI is InChI=1S/C15H28O3/c1-3-4-5-8-16-9-10-17-12-13-6-7-14-15(2,11-13)18-14/h13-14H,3-12H2,1-2H3. The lowest BCUT2D eigenvalue weighted by Gasteiger charge is -2.23. The van der Waals surface area contributed by atoms with Crippen molar-refractivity contribution in [1.82, 2.24) is 0 Å². The lowest BCUT2D eigenvalue weighted by atomic mass is 9.83. The quantitative estimate of drug-likeness (QED) is 0.469. The second-order valence-electron chi connectivity index (χ2n) is 5.96. The Hall–Kier alpha value is -0.120. The van der Waals surface area contributed by atoms with Crippen LogP contribution in [-0.4, -0.2) is 38.1 Å². The summed E-state index contributed by atoms with van der Waals surface area (Å²) in [6.07, 6.45) is 7.91. The lowest BCUT2D eigenvalue weighted by molar-refractivity contribution is 0.0254. The minimum absolute atomic E-state index is 0.197. The van der Waals surface area contributed by atoms with Crippen LogP contribution in [0, 0.1) is 5.92 Å². The molecule has 0 aromatic carbocycles. The number of rotatable bonds is 9. The number of fused-ring (bicyclic) bond motifs is 1. The summed E-state index contributed by atoms with van der Waals surface area (Å²) in [7, 11) is 0. The smallest absolute Gasteiger partial charge is 0.0923 e. The molecule has 106 valence electrons. The molecular weight excluding hydrogens is 228 g/mol. The molecule has 0 radical (unpaired) electrons. The summed E-state index contributed by atoms with van der Waals surface area (Å²) in [6.45, 7) is 7.69. The summed E-state index contributed by atoms with van der Waals surface area (Å²) in [5, 5.41) is 0. The summed E-state index contributed by atoms with van der Waals surface area (Å²) in [6, 6.07) is 0. The average molecular weight is 256 g/mol. The SMILES string of the molecule is CCCCCOCCOCC1CCC2OC2(C)C1. The molecule has 2 fully saturated rings. The lowest BCUT2D eigenvalue weighted by Crippen LogP contribution is -2.25. The molecule has 1 saturated carbocycles. The fraction of sp³-hybridized carbons (Fsp3) is 1.00. The van der Waals surface area contributed by atoms with E-state index in [-0.39, 0.29) is 5.60 Å². The molecule has 2 aliphatic rings. The second kappa shape index (κ2) is 6.88. The van der Waals surface area contributed by atoms with E-state index in [1.807, 2.05) is 0 Å². The topological polar surface area (TPSA) is 31.0 Å². The van der Waals surface area contributed by atoms with Crippen LogP contribution in [0.2, 0.25) is 0 Å². The number of epoxide rings is 1. The van der Waals surface area contributed by atoms with Gasteiger partial charge in [-0.15, -0.1) is 0 Å². The van der Waals surface area contributed by atoms with Gasteiger partial charge in [-0.25, -0.2) is 0 Å². The van der Waals surface area contributed by atoms with Crippen molar-refractivity contribution in [3.05, 3.63) is 0 Å². The van der Waals surface area contributed by atoms with E-state index >= 15 is 0 Å². The minimum Gasteiger partial charge on any atom is -0.379 e. The maximum atomic E-state index is 5.71. The van der Waals surface area contributed by atoms with Crippen LogP contribution in [-0.2, 0) is 14.2 Å². The Kier molecular flexibility index (Phi) is 5.46. The van der Waals surface area contributed by atoms with Gasteiger partial charge in [-0.1, -0.05) is 19.8 Å². The third-order valence-corrected chi connectivity index (χ3v) is 4.18. The fourth-order valence-electron chi connectivity index (χ4n) is 2.96. The molecule has 3 atom stereocenters. The summed E-state index contributed by atoms with van der Waals surface area (Å²) < 4.78 is 16.9. The molecule has 0 aromatic heterocycles. The molecule has 1 saturated heterocycles. The minimum atomic E-state index is 0.197. The average Bonchev–Trinajstić information content (AvgIpc) is 3.03. The molecule has 1 aliphatic heterocycles. The maximum absolute atomic E-state index is 5.71. The van der Waals surface area contributed by atoms with Gasteiger partial charge in [0.15, 0.2) is 0 Å². The monoisotopic (exact) mass is 256 g/mol. The molecule has 3 heteroatoms. The zero-order chi connectivity index (χ0) is 12.8. The van der Waals surface area contributed by atoms with E-state index in [9.17, 15) is 0 Å². The molecule has 3 nitrogen and oxygen atoms in total. The Morgan fingerprint density at radius 2 is 1.94 bits per heavy atom. The largest absolute Gasteiger partial charge is 0.379 e. The molecule has 0 aromatic rings. The summed E-state index contributed by atoms with van der Waals surface area (Å²) in [5.74, 6) is 0.689. The first-order valence-corrected chi connectivity index (χ1v) is 7.58. The highest BCUT2D eigenvalue weighted by Crippen LogP contribution is 2.49. The highest BCUT2D eigenvalue weighted by Gasteiger charge is 2.55. The Bertz CT molecular complexity index is 244. The Balaban J connectivity index is 1.41. The van der Waals surface area contributed by atoms with Crippen molar-refractivity contribution in [3.8, 4) is 0 Å². The van der Waals surface area contributed by atoms with Gasteiger partial charge in [0, 0.05) is 13.2 Å². The van der Waals surface area contributed by atoms with Crippen LogP contribution < -0.4 is 0 Å². The zero-order valence-corrected chi connectivity index (χ0v) is 12.0. The van der Waals surface area contributed by atoms with Crippen molar-refractivity contribution >= 4 is 0 Å². The molecule has 1 aliphatic carbocycles. The van der Waals surface area contributed by atoms with E-state index in [2.05, 4.69) is 13.8 Å². The van der Waals surface area contributed by atoms with E-state index in [1.165, 1.54) is 38.5 Å². The van der Waals surface area contributed by atoms with Crippen LogP contribution in [0.15, 0.2) is 0 Å². The fourth-order valence-corrected chi connectivity index (χ4v) is 2.96. The summed E-state index contributed by atoms with van der Waals surface area (Å²) >= 11 is 0. The van der Waals surface area contributed by atoms with E-state index in [0.29, 0.717) is 12.0 Å². The maximum Gasteiger partial charge on any atom is 0.0923 e. The van der Waals surface area contributed by atoms with Crippen LogP contribution in [0.5, 0.6) is 0 Å². The van der Waals surface area contributed by atoms with E-state index in [4.69, 9.17) is 14.2 Å². The van der Waals surface area contributed by atoms with E-state index < -0.39 is 0 Å². The molecule has 0 spiro atoms. The summed E-state index contributed by atoms with van der Waals surface area (Å²) in [4.78, 5) is 0. The van der Waals surface area contributed by atoms with E-state index in [1.54, 1.807) is 0 Å². The predicted molar refractivity (Wildman–Crippen MR) is 71.8 cm³/mol. The predicted octanol–water partition coefficient (Wildman–Crippen LogP) is 3.17. The van der Waals surface area contributed by atoms with Gasteiger partial charge in [-0.2, -0.15) is 0 Å². The zero-order valence-electron chi connectivity index (χ0n) is 12.0. The van der Waals surface area contributed by atoms with Crippen LogP contribution in [0.1, 0.15) is 52.4 Å². The molecule has 2 rings (SSSR count). The van der Waals surface area contributed by atoms with Crippen molar-refractivity contribution in [1.29, 1.82) is 0 Å². The highest BCUT2D eigenvalue weighted by molar-refractivity contribution is 5.03. The van der Waals surface area contributed by atoms with Gasteiger partial charge in [0.1, 0.15) is 0 Å². The van der Waals surface area contributed by atoms with Crippen molar-refractivity contribution in [2.24, 2.45) is 5.92 Å². The second-order valence-corrected chi connectivity index (χ2v) is 5.96. The molecule has 0 bridgehead atoms. The summed E-state index contributed by atoms with van der Waals surface area (Å²) in [5.41, 5.74) is 0.197. The molecule has 18 heavy (non-hydrogen) atoms. The normalized spacial score (nSPS) is 34.3. The van der Waals surface area contributed by atoms with Gasteiger partial charge >= 0.3 is 0 Å². The van der Waals surface area contributed by atoms with Crippen LogP contribution in [0.4, 0.5) is 0 Å². The molecule has 0 amide bonds. The van der Waals surface area contributed by atoms with Gasteiger partial charge in [0.05, 0.1) is 24.9 Å². The van der Waals surface area contributed by atoms with E-state index in [0.717, 1.165) is 26.4 Å². The number of ether oxygens (including phenoxy) is 3. The van der Waals surface area contributed by atoms with Crippen LogP contribution in [0.25, 0.3) is 0 Å². The first-order chi connectivity index (χ1) is 8.74. The number of hydrogen-bond acceptors (Lipinski definition) is 3. The van der Waals surface area contributed by atoms with Crippen molar-refractivity contribution in [2.75, 3.05) is 26.4 Å². The van der Waals surface area contributed by atoms with Gasteiger partial charge < -0.3 is 14.2 Å².